The quantitative estimate of drug-likeness (QED) is 0.912. The van der Waals surface area contributed by atoms with E-state index in [1.54, 1.807) is 0 Å². The number of hydrogen-bond donors (Lipinski definition) is 1. The van der Waals surface area contributed by atoms with Gasteiger partial charge in [-0.05, 0) is 29.5 Å². The summed E-state index contributed by atoms with van der Waals surface area (Å²) >= 11 is 0. The first-order valence-electron chi connectivity index (χ1n) is 7.69. The maximum absolute atomic E-state index is 11.9. The van der Waals surface area contributed by atoms with Crippen LogP contribution in [0.2, 0.25) is 0 Å². The monoisotopic (exact) mass is 279 g/mol. The third-order valence-corrected chi connectivity index (χ3v) is 4.37. The van der Waals surface area contributed by atoms with Crippen LogP contribution in [0.25, 0.3) is 0 Å². The first-order valence-corrected chi connectivity index (χ1v) is 7.69. The number of aryl methyl sites for hydroxylation is 1. The SMILES string of the molecule is CCc1ccccc1C1CC(=O)NC1Cc1ccccc1. The lowest BCUT2D eigenvalue weighted by Crippen LogP contribution is -2.30. The lowest BCUT2D eigenvalue weighted by Gasteiger charge is -2.21. The van der Waals surface area contributed by atoms with Crippen LogP contribution in [0.4, 0.5) is 0 Å². The van der Waals surface area contributed by atoms with Crippen molar-refractivity contribution in [2.45, 2.75) is 38.1 Å². The topological polar surface area (TPSA) is 29.1 Å². The number of amides is 1. The van der Waals surface area contributed by atoms with Crippen LogP contribution in [-0.2, 0) is 17.6 Å². The molecule has 2 aromatic carbocycles. The second kappa shape index (κ2) is 6.13. The Morgan fingerprint density at radius 2 is 1.76 bits per heavy atom. The number of rotatable bonds is 4. The molecule has 2 heteroatoms. The van der Waals surface area contributed by atoms with Crippen molar-refractivity contribution in [2.24, 2.45) is 0 Å². The Morgan fingerprint density at radius 3 is 2.52 bits per heavy atom. The lowest BCUT2D eigenvalue weighted by molar-refractivity contribution is -0.119. The number of carbonyl (C=O) groups is 1. The van der Waals surface area contributed by atoms with Crippen molar-refractivity contribution in [3.8, 4) is 0 Å². The Balaban J connectivity index is 1.87. The van der Waals surface area contributed by atoms with Gasteiger partial charge in [0.2, 0.25) is 5.91 Å². The normalized spacial score (nSPS) is 21.3. The van der Waals surface area contributed by atoms with Crippen molar-refractivity contribution in [2.75, 3.05) is 0 Å². The van der Waals surface area contributed by atoms with E-state index in [4.69, 9.17) is 0 Å². The van der Waals surface area contributed by atoms with Crippen molar-refractivity contribution in [3.63, 3.8) is 0 Å². The second-order valence-corrected chi connectivity index (χ2v) is 5.73. The minimum absolute atomic E-state index is 0.173. The molecule has 1 amide bonds. The lowest BCUT2D eigenvalue weighted by atomic mass is 9.85. The summed E-state index contributed by atoms with van der Waals surface area (Å²) in [7, 11) is 0. The van der Waals surface area contributed by atoms with E-state index in [0.29, 0.717) is 6.42 Å². The predicted molar refractivity (Wildman–Crippen MR) is 85.3 cm³/mol. The molecule has 2 aromatic rings. The fraction of sp³-hybridized carbons (Fsp3) is 0.316. The average molecular weight is 279 g/mol. The summed E-state index contributed by atoms with van der Waals surface area (Å²) in [6.07, 6.45) is 2.52. The van der Waals surface area contributed by atoms with E-state index in [9.17, 15) is 4.79 Å². The molecule has 21 heavy (non-hydrogen) atoms. The van der Waals surface area contributed by atoms with Crippen LogP contribution in [0.5, 0.6) is 0 Å². The van der Waals surface area contributed by atoms with Gasteiger partial charge in [-0.15, -0.1) is 0 Å². The van der Waals surface area contributed by atoms with Crippen molar-refractivity contribution in [1.29, 1.82) is 0 Å². The van der Waals surface area contributed by atoms with Crippen LogP contribution in [0.15, 0.2) is 54.6 Å². The summed E-state index contributed by atoms with van der Waals surface area (Å²) in [6.45, 7) is 2.18. The summed E-state index contributed by atoms with van der Waals surface area (Å²) < 4.78 is 0. The molecule has 3 rings (SSSR count). The zero-order chi connectivity index (χ0) is 14.7. The zero-order valence-corrected chi connectivity index (χ0v) is 12.4. The van der Waals surface area contributed by atoms with Crippen molar-refractivity contribution < 1.29 is 4.79 Å². The highest BCUT2D eigenvalue weighted by atomic mass is 16.2. The van der Waals surface area contributed by atoms with Crippen LogP contribution in [-0.4, -0.2) is 11.9 Å². The van der Waals surface area contributed by atoms with E-state index in [2.05, 4.69) is 60.8 Å². The summed E-state index contributed by atoms with van der Waals surface area (Å²) in [5, 5.41) is 3.16. The van der Waals surface area contributed by atoms with E-state index < -0.39 is 0 Å². The molecular weight excluding hydrogens is 258 g/mol. The minimum atomic E-state index is 0.173. The van der Waals surface area contributed by atoms with Crippen LogP contribution in [0.1, 0.15) is 36.0 Å². The summed E-state index contributed by atoms with van der Waals surface area (Å²) in [5.74, 6) is 0.459. The van der Waals surface area contributed by atoms with Gasteiger partial charge in [0.25, 0.3) is 0 Å². The molecule has 1 aliphatic heterocycles. The van der Waals surface area contributed by atoms with Gasteiger partial charge in [0.15, 0.2) is 0 Å². The maximum atomic E-state index is 11.9. The number of benzene rings is 2. The highest BCUT2D eigenvalue weighted by Gasteiger charge is 2.34. The maximum Gasteiger partial charge on any atom is 0.220 e. The molecule has 0 spiro atoms. The summed E-state index contributed by atoms with van der Waals surface area (Å²) in [6, 6.07) is 19.1. The molecule has 1 heterocycles. The van der Waals surface area contributed by atoms with Gasteiger partial charge in [-0.3, -0.25) is 4.79 Å². The Labute approximate surface area is 126 Å². The first kappa shape index (κ1) is 13.9. The van der Waals surface area contributed by atoms with E-state index in [1.165, 1.54) is 16.7 Å². The fourth-order valence-corrected chi connectivity index (χ4v) is 3.31. The van der Waals surface area contributed by atoms with Gasteiger partial charge in [0.1, 0.15) is 0 Å². The van der Waals surface area contributed by atoms with Crippen molar-refractivity contribution >= 4 is 5.91 Å². The zero-order valence-electron chi connectivity index (χ0n) is 12.4. The molecule has 1 fully saturated rings. The largest absolute Gasteiger partial charge is 0.352 e. The predicted octanol–water partition coefficient (Wildman–Crippen LogP) is 3.46. The van der Waals surface area contributed by atoms with E-state index in [-0.39, 0.29) is 17.9 Å². The molecule has 1 saturated heterocycles. The summed E-state index contributed by atoms with van der Waals surface area (Å²) in [5.41, 5.74) is 3.97. The van der Waals surface area contributed by atoms with Crippen LogP contribution in [0, 0.1) is 0 Å². The molecular formula is C19H21NO. The van der Waals surface area contributed by atoms with Crippen molar-refractivity contribution in [1.82, 2.24) is 5.32 Å². The summed E-state index contributed by atoms with van der Waals surface area (Å²) in [4.78, 5) is 11.9. The highest BCUT2D eigenvalue weighted by molar-refractivity contribution is 5.80. The van der Waals surface area contributed by atoms with Gasteiger partial charge in [-0.25, -0.2) is 0 Å². The average Bonchev–Trinajstić information content (AvgIpc) is 2.88. The molecule has 0 aliphatic carbocycles. The minimum Gasteiger partial charge on any atom is -0.352 e. The van der Waals surface area contributed by atoms with Gasteiger partial charge in [0, 0.05) is 18.4 Å². The standard InChI is InChI=1S/C19H21NO/c1-2-15-10-6-7-11-16(15)17-13-19(21)20-18(17)12-14-8-4-3-5-9-14/h3-11,17-18H,2,12-13H2,1H3,(H,20,21). The third kappa shape index (κ3) is 2.99. The molecule has 0 bridgehead atoms. The van der Waals surface area contributed by atoms with E-state index in [0.717, 1.165) is 12.8 Å². The van der Waals surface area contributed by atoms with Gasteiger partial charge in [-0.1, -0.05) is 61.5 Å². The number of hydrogen-bond acceptors (Lipinski definition) is 1. The molecule has 2 nitrogen and oxygen atoms in total. The highest BCUT2D eigenvalue weighted by Crippen LogP contribution is 2.32. The first-order chi connectivity index (χ1) is 10.3. The van der Waals surface area contributed by atoms with Crippen molar-refractivity contribution in [3.05, 3.63) is 71.3 Å². The number of nitrogens with one attached hydrogen (secondary N) is 1. The van der Waals surface area contributed by atoms with Gasteiger partial charge in [-0.2, -0.15) is 0 Å². The Hall–Kier alpha value is -2.09. The molecule has 1 aliphatic rings. The molecule has 2 unspecified atom stereocenters. The van der Waals surface area contributed by atoms with Gasteiger partial charge < -0.3 is 5.32 Å². The Bertz CT molecular complexity index is 620. The smallest absolute Gasteiger partial charge is 0.220 e. The molecule has 0 radical (unpaired) electrons. The van der Waals surface area contributed by atoms with E-state index >= 15 is 0 Å². The molecule has 0 saturated carbocycles. The van der Waals surface area contributed by atoms with Crippen LogP contribution >= 0.6 is 0 Å². The molecule has 2 atom stereocenters. The van der Waals surface area contributed by atoms with E-state index in [1.807, 2.05) is 6.07 Å². The van der Waals surface area contributed by atoms with Gasteiger partial charge >= 0.3 is 0 Å². The number of carbonyl (C=O) groups excluding carboxylic acids is 1. The fourth-order valence-electron chi connectivity index (χ4n) is 3.31. The Kier molecular flexibility index (Phi) is 4.05. The van der Waals surface area contributed by atoms with Gasteiger partial charge in [0.05, 0.1) is 0 Å². The van der Waals surface area contributed by atoms with Crippen LogP contribution in [0.3, 0.4) is 0 Å². The molecule has 108 valence electrons. The van der Waals surface area contributed by atoms with Crippen LogP contribution < -0.4 is 5.32 Å². The molecule has 0 aromatic heterocycles. The molecule has 1 N–H and O–H groups in total. The second-order valence-electron chi connectivity index (χ2n) is 5.73. The Morgan fingerprint density at radius 1 is 1.05 bits per heavy atom. The third-order valence-electron chi connectivity index (χ3n) is 4.37.